The molecule has 3 aromatic rings. The van der Waals surface area contributed by atoms with Crippen LogP contribution < -0.4 is 15.4 Å². The molecule has 3 rings (SSSR count). The second-order valence-corrected chi connectivity index (χ2v) is 6.68. The van der Waals surface area contributed by atoms with Gasteiger partial charge in [0.15, 0.2) is 0 Å². The molecule has 2 N–H and O–H groups in total. The Morgan fingerprint density at radius 3 is 2.59 bits per heavy atom. The van der Waals surface area contributed by atoms with Gasteiger partial charge in [-0.25, -0.2) is 9.97 Å². The first-order valence-electron chi connectivity index (χ1n) is 9.20. The van der Waals surface area contributed by atoms with Gasteiger partial charge in [-0.15, -0.1) is 0 Å². The van der Waals surface area contributed by atoms with Crippen molar-refractivity contribution >= 4 is 17.3 Å². The molecule has 0 bridgehead atoms. The highest BCUT2D eigenvalue weighted by Gasteiger charge is 2.07. The average Bonchev–Trinajstić information content (AvgIpc) is 2.69. The van der Waals surface area contributed by atoms with E-state index in [1.165, 1.54) is 11.1 Å². The van der Waals surface area contributed by atoms with E-state index >= 15 is 0 Å². The Kier molecular flexibility index (Phi) is 6.26. The van der Waals surface area contributed by atoms with E-state index in [1.54, 1.807) is 13.4 Å². The first kappa shape index (κ1) is 18.7. The molecule has 0 unspecified atom stereocenters. The van der Waals surface area contributed by atoms with Crippen LogP contribution in [0.25, 0.3) is 0 Å². The van der Waals surface area contributed by atoms with Gasteiger partial charge in [-0.1, -0.05) is 44.2 Å². The molecule has 2 aromatic carbocycles. The molecule has 0 amide bonds. The zero-order valence-corrected chi connectivity index (χ0v) is 16.1. The molecule has 1 aromatic heterocycles. The van der Waals surface area contributed by atoms with Crippen molar-refractivity contribution in [1.29, 1.82) is 0 Å². The van der Waals surface area contributed by atoms with Crippen molar-refractivity contribution < 1.29 is 4.74 Å². The summed E-state index contributed by atoms with van der Waals surface area (Å²) in [6.07, 6.45) is 2.47. The number of para-hydroxylation sites is 1. The third-order valence-corrected chi connectivity index (χ3v) is 4.37. The lowest BCUT2D eigenvalue weighted by molar-refractivity contribution is 0.414. The van der Waals surface area contributed by atoms with Crippen LogP contribution in [-0.4, -0.2) is 23.6 Å². The molecule has 27 heavy (non-hydrogen) atoms. The van der Waals surface area contributed by atoms with Gasteiger partial charge in [-0.3, -0.25) is 0 Å². The van der Waals surface area contributed by atoms with Crippen molar-refractivity contribution in [2.45, 2.75) is 26.2 Å². The lowest BCUT2D eigenvalue weighted by atomic mass is 10.0. The van der Waals surface area contributed by atoms with Crippen molar-refractivity contribution in [3.8, 4) is 5.75 Å². The fourth-order valence-electron chi connectivity index (χ4n) is 2.94. The van der Waals surface area contributed by atoms with E-state index in [0.29, 0.717) is 5.92 Å². The van der Waals surface area contributed by atoms with Gasteiger partial charge in [0.2, 0.25) is 0 Å². The molecule has 0 aliphatic rings. The number of ether oxygens (including phenoxy) is 1. The van der Waals surface area contributed by atoms with Crippen LogP contribution in [0.3, 0.4) is 0 Å². The fraction of sp³-hybridized carbons (Fsp3) is 0.273. The van der Waals surface area contributed by atoms with Gasteiger partial charge >= 0.3 is 0 Å². The Balaban J connectivity index is 1.62. The molecule has 140 valence electrons. The Hall–Kier alpha value is -3.08. The highest BCUT2D eigenvalue weighted by Crippen LogP contribution is 2.26. The van der Waals surface area contributed by atoms with Crippen LogP contribution in [0, 0.1) is 0 Å². The predicted molar refractivity (Wildman–Crippen MR) is 111 cm³/mol. The van der Waals surface area contributed by atoms with Gasteiger partial charge < -0.3 is 15.4 Å². The quantitative estimate of drug-likeness (QED) is 0.590. The molecule has 0 saturated carbocycles. The highest BCUT2D eigenvalue weighted by molar-refractivity contribution is 5.63. The third kappa shape index (κ3) is 5.20. The molecule has 5 nitrogen and oxygen atoms in total. The standard InChI is InChI=1S/C22H26N4O/c1-16(2)19-9-4-5-10-20(19)26-22-14-21(24-15-25-22)23-12-11-17-7-6-8-18(13-17)27-3/h4-10,13-16H,11-12H2,1-3H3,(H2,23,24,25,26). The Labute approximate surface area is 160 Å². The van der Waals surface area contributed by atoms with Gasteiger partial charge in [0.1, 0.15) is 23.7 Å². The van der Waals surface area contributed by atoms with Crippen LogP contribution in [0.2, 0.25) is 0 Å². The van der Waals surface area contributed by atoms with Crippen LogP contribution in [-0.2, 0) is 6.42 Å². The van der Waals surface area contributed by atoms with Gasteiger partial charge in [0, 0.05) is 18.3 Å². The van der Waals surface area contributed by atoms with E-state index in [0.717, 1.165) is 36.0 Å². The second-order valence-electron chi connectivity index (χ2n) is 6.68. The van der Waals surface area contributed by atoms with Gasteiger partial charge in [-0.2, -0.15) is 0 Å². The van der Waals surface area contributed by atoms with Crippen molar-refractivity contribution in [2.75, 3.05) is 24.3 Å². The molecule has 0 aliphatic heterocycles. The summed E-state index contributed by atoms with van der Waals surface area (Å²) in [4.78, 5) is 8.66. The maximum atomic E-state index is 5.27. The minimum Gasteiger partial charge on any atom is -0.497 e. The monoisotopic (exact) mass is 362 g/mol. The smallest absolute Gasteiger partial charge is 0.135 e. The van der Waals surface area contributed by atoms with Gasteiger partial charge in [0.05, 0.1) is 7.11 Å². The summed E-state index contributed by atoms with van der Waals surface area (Å²) < 4.78 is 5.27. The number of benzene rings is 2. The summed E-state index contributed by atoms with van der Waals surface area (Å²) in [6.45, 7) is 5.16. The van der Waals surface area contributed by atoms with Gasteiger partial charge in [-0.05, 0) is 41.7 Å². The zero-order chi connectivity index (χ0) is 19.1. The molecule has 0 spiro atoms. The van der Waals surface area contributed by atoms with Gasteiger partial charge in [0.25, 0.3) is 0 Å². The number of rotatable bonds is 8. The molecule has 0 saturated heterocycles. The van der Waals surface area contributed by atoms with Crippen LogP contribution in [0.4, 0.5) is 17.3 Å². The van der Waals surface area contributed by atoms with Crippen molar-refractivity contribution in [2.24, 2.45) is 0 Å². The lowest BCUT2D eigenvalue weighted by Crippen LogP contribution is -2.07. The van der Waals surface area contributed by atoms with E-state index < -0.39 is 0 Å². The molecule has 1 heterocycles. The number of hydrogen-bond donors (Lipinski definition) is 2. The van der Waals surface area contributed by atoms with E-state index in [1.807, 2.05) is 24.3 Å². The van der Waals surface area contributed by atoms with Crippen molar-refractivity contribution in [1.82, 2.24) is 9.97 Å². The predicted octanol–water partition coefficient (Wildman–Crippen LogP) is 5.01. The van der Waals surface area contributed by atoms with Crippen LogP contribution >= 0.6 is 0 Å². The summed E-state index contributed by atoms with van der Waals surface area (Å²) in [5.41, 5.74) is 3.57. The molecule has 0 atom stereocenters. The largest absolute Gasteiger partial charge is 0.497 e. The minimum absolute atomic E-state index is 0.441. The Morgan fingerprint density at radius 1 is 0.963 bits per heavy atom. The summed E-state index contributed by atoms with van der Waals surface area (Å²) in [5.74, 6) is 2.90. The molecule has 5 heteroatoms. The van der Waals surface area contributed by atoms with Crippen LogP contribution in [0.1, 0.15) is 30.9 Å². The maximum absolute atomic E-state index is 5.27. The number of nitrogens with one attached hydrogen (secondary N) is 2. The zero-order valence-electron chi connectivity index (χ0n) is 16.1. The maximum Gasteiger partial charge on any atom is 0.135 e. The highest BCUT2D eigenvalue weighted by atomic mass is 16.5. The first-order chi connectivity index (χ1) is 13.2. The number of aromatic nitrogens is 2. The summed E-state index contributed by atoms with van der Waals surface area (Å²) in [7, 11) is 1.68. The number of methoxy groups -OCH3 is 1. The van der Waals surface area contributed by atoms with E-state index in [9.17, 15) is 0 Å². The Bertz CT molecular complexity index is 879. The average molecular weight is 362 g/mol. The fourth-order valence-corrected chi connectivity index (χ4v) is 2.94. The number of nitrogens with zero attached hydrogens (tertiary/aromatic N) is 2. The molecule has 0 radical (unpaired) electrons. The molecule has 0 aliphatic carbocycles. The third-order valence-electron chi connectivity index (χ3n) is 4.37. The number of anilines is 3. The molecular formula is C22H26N4O. The van der Waals surface area contributed by atoms with E-state index in [-0.39, 0.29) is 0 Å². The normalized spacial score (nSPS) is 10.7. The van der Waals surface area contributed by atoms with Crippen LogP contribution in [0.5, 0.6) is 5.75 Å². The molecule has 0 fully saturated rings. The summed E-state index contributed by atoms with van der Waals surface area (Å²) >= 11 is 0. The lowest BCUT2D eigenvalue weighted by Gasteiger charge is -2.14. The second kappa shape index (κ2) is 9.03. The van der Waals surface area contributed by atoms with Crippen molar-refractivity contribution in [3.05, 3.63) is 72.1 Å². The SMILES string of the molecule is COc1cccc(CCNc2cc(Nc3ccccc3C(C)C)ncn2)c1. The number of hydrogen-bond acceptors (Lipinski definition) is 5. The first-order valence-corrected chi connectivity index (χ1v) is 9.20. The topological polar surface area (TPSA) is 59.1 Å². The summed E-state index contributed by atoms with van der Waals surface area (Å²) in [5, 5.41) is 6.77. The van der Waals surface area contributed by atoms with Crippen LogP contribution in [0.15, 0.2) is 60.9 Å². The molecular weight excluding hydrogens is 336 g/mol. The Morgan fingerprint density at radius 2 is 1.78 bits per heavy atom. The van der Waals surface area contributed by atoms with E-state index in [2.05, 4.69) is 64.8 Å². The van der Waals surface area contributed by atoms with E-state index in [4.69, 9.17) is 4.74 Å². The summed E-state index contributed by atoms with van der Waals surface area (Å²) in [6, 6.07) is 18.4. The minimum atomic E-state index is 0.441. The van der Waals surface area contributed by atoms with Crippen molar-refractivity contribution in [3.63, 3.8) is 0 Å².